The van der Waals surface area contributed by atoms with E-state index in [1.165, 1.54) is 5.56 Å². The fourth-order valence-electron chi connectivity index (χ4n) is 2.01. The number of alkyl halides is 1. The van der Waals surface area contributed by atoms with E-state index < -0.39 is 10.0 Å². The number of hydrogen-bond donors (Lipinski definition) is 1. The second-order valence-electron chi connectivity index (χ2n) is 5.19. The molecule has 21 heavy (non-hydrogen) atoms. The van der Waals surface area contributed by atoms with E-state index >= 15 is 0 Å². The number of hydrogen-bond acceptors (Lipinski definition) is 3. The standard InChI is InChI=1S/C15H25ClN2O2S/c1-18(14-15-8-3-2-4-9-15)12-7-11-17-21(19,20)13-6-5-10-16/h2-4,8-9,17H,5-7,10-14H2,1H3. The van der Waals surface area contributed by atoms with E-state index in [4.69, 9.17) is 11.6 Å². The van der Waals surface area contributed by atoms with Crippen molar-refractivity contribution in [2.24, 2.45) is 0 Å². The highest BCUT2D eigenvalue weighted by atomic mass is 35.5. The van der Waals surface area contributed by atoms with Crippen molar-refractivity contribution < 1.29 is 8.42 Å². The summed E-state index contributed by atoms with van der Waals surface area (Å²) in [5.41, 5.74) is 1.27. The predicted octanol–water partition coefficient (Wildman–Crippen LogP) is 2.45. The number of benzene rings is 1. The fourth-order valence-corrected chi connectivity index (χ4v) is 3.38. The van der Waals surface area contributed by atoms with Gasteiger partial charge in [-0.25, -0.2) is 13.1 Å². The molecule has 1 aromatic carbocycles. The summed E-state index contributed by atoms with van der Waals surface area (Å²) >= 11 is 5.54. The van der Waals surface area contributed by atoms with Crippen molar-refractivity contribution in [3.8, 4) is 0 Å². The molecule has 4 nitrogen and oxygen atoms in total. The molecule has 0 spiro atoms. The molecule has 0 heterocycles. The number of nitrogens with zero attached hydrogens (tertiary/aromatic N) is 1. The molecule has 0 aliphatic carbocycles. The van der Waals surface area contributed by atoms with Gasteiger partial charge in [-0.05, 0) is 38.4 Å². The Bertz CT molecular complexity index is 480. The van der Waals surface area contributed by atoms with E-state index in [1.807, 2.05) is 25.2 Å². The van der Waals surface area contributed by atoms with Gasteiger partial charge in [-0.3, -0.25) is 0 Å². The van der Waals surface area contributed by atoms with Crippen LogP contribution in [0.15, 0.2) is 30.3 Å². The minimum absolute atomic E-state index is 0.166. The van der Waals surface area contributed by atoms with Crippen LogP contribution >= 0.6 is 11.6 Å². The number of rotatable bonds is 11. The molecular formula is C15H25ClN2O2S. The average molecular weight is 333 g/mol. The molecule has 0 aliphatic rings. The van der Waals surface area contributed by atoms with Crippen molar-refractivity contribution in [1.29, 1.82) is 0 Å². The van der Waals surface area contributed by atoms with Gasteiger partial charge in [-0.15, -0.1) is 11.6 Å². The summed E-state index contributed by atoms with van der Waals surface area (Å²) in [6.45, 7) is 2.23. The van der Waals surface area contributed by atoms with Crippen molar-refractivity contribution in [2.45, 2.75) is 25.8 Å². The average Bonchev–Trinajstić information content (AvgIpc) is 2.45. The molecule has 120 valence electrons. The lowest BCUT2D eigenvalue weighted by Gasteiger charge is -2.16. The molecule has 1 aromatic rings. The molecule has 0 saturated carbocycles. The Hall–Kier alpha value is -0.620. The zero-order valence-electron chi connectivity index (χ0n) is 12.6. The van der Waals surface area contributed by atoms with Gasteiger partial charge in [0, 0.05) is 19.0 Å². The lowest BCUT2D eigenvalue weighted by molar-refractivity contribution is 0.322. The van der Waals surface area contributed by atoms with Gasteiger partial charge in [0.2, 0.25) is 10.0 Å². The van der Waals surface area contributed by atoms with Crippen molar-refractivity contribution in [1.82, 2.24) is 9.62 Å². The Labute approximate surface area is 133 Å². The molecule has 0 atom stereocenters. The van der Waals surface area contributed by atoms with Crippen LogP contribution in [0.3, 0.4) is 0 Å². The molecule has 1 N–H and O–H groups in total. The molecule has 0 aliphatic heterocycles. The molecule has 0 saturated heterocycles. The van der Waals surface area contributed by atoms with E-state index in [9.17, 15) is 8.42 Å². The van der Waals surface area contributed by atoms with Crippen LogP contribution in [-0.4, -0.2) is 45.1 Å². The Morgan fingerprint density at radius 3 is 2.52 bits per heavy atom. The topological polar surface area (TPSA) is 49.4 Å². The predicted molar refractivity (Wildman–Crippen MR) is 89.1 cm³/mol. The molecule has 0 aromatic heterocycles. The van der Waals surface area contributed by atoms with Crippen molar-refractivity contribution in [3.63, 3.8) is 0 Å². The largest absolute Gasteiger partial charge is 0.302 e. The summed E-state index contributed by atoms with van der Waals surface area (Å²) in [4.78, 5) is 2.19. The SMILES string of the molecule is CN(CCCNS(=O)(=O)CCCCCl)Cc1ccccc1. The highest BCUT2D eigenvalue weighted by Gasteiger charge is 2.08. The second-order valence-corrected chi connectivity index (χ2v) is 7.49. The molecule has 0 bridgehead atoms. The second kappa shape index (κ2) is 10.2. The fraction of sp³-hybridized carbons (Fsp3) is 0.600. The van der Waals surface area contributed by atoms with Gasteiger partial charge in [-0.2, -0.15) is 0 Å². The van der Waals surface area contributed by atoms with Gasteiger partial charge >= 0.3 is 0 Å². The van der Waals surface area contributed by atoms with Gasteiger partial charge in [0.05, 0.1) is 5.75 Å². The lowest BCUT2D eigenvalue weighted by Crippen LogP contribution is -2.30. The van der Waals surface area contributed by atoms with Crippen LogP contribution in [-0.2, 0) is 16.6 Å². The van der Waals surface area contributed by atoms with Crippen LogP contribution in [0.4, 0.5) is 0 Å². The quantitative estimate of drug-likeness (QED) is 0.500. The summed E-state index contributed by atoms with van der Waals surface area (Å²) in [5, 5.41) is 0. The van der Waals surface area contributed by atoms with Crippen LogP contribution in [0.5, 0.6) is 0 Å². The first kappa shape index (κ1) is 18.4. The third kappa shape index (κ3) is 9.09. The third-order valence-corrected chi connectivity index (χ3v) is 4.87. The monoisotopic (exact) mass is 332 g/mol. The van der Waals surface area contributed by atoms with E-state index in [0.717, 1.165) is 25.9 Å². The minimum atomic E-state index is -3.14. The number of halogens is 1. The van der Waals surface area contributed by atoms with Gasteiger partial charge in [0.1, 0.15) is 0 Å². The first-order valence-electron chi connectivity index (χ1n) is 7.29. The van der Waals surface area contributed by atoms with Crippen molar-refractivity contribution in [3.05, 3.63) is 35.9 Å². The number of nitrogens with one attached hydrogen (secondary N) is 1. The first-order chi connectivity index (χ1) is 10.0. The minimum Gasteiger partial charge on any atom is -0.302 e. The van der Waals surface area contributed by atoms with E-state index in [0.29, 0.717) is 18.8 Å². The summed E-state index contributed by atoms with van der Waals surface area (Å²) in [6, 6.07) is 10.2. The molecule has 0 amide bonds. The van der Waals surface area contributed by atoms with Gasteiger partial charge < -0.3 is 4.90 Å². The smallest absolute Gasteiger partial charge is 0.211 e. The summed E-state index contributed by atoms with van der Waals surface area (Å²) in [6.07, 6.45) is 2.16. The van der Waals surface area contributed by atoms with Crippen LogP contribution in [0.1, 0.15) is 24.8 Å². The first-order valence-corrected chi connectivity index (χ1v) is 9.48. The maximum Gasteiger partial charge on any atom is 0.211 e. The van der Waals surface area contributed by atoms with Crippen molar-refractivity contribution >= 4 is 21.6 Å². The normalized spacial score (nSPS) is 12.0. The Morgan fingerprint density at radius 2 is 1.86 bits per heavy atom. The third-order valence-electron chi connectivity index (χ3n) is 3.13. The summed E-state index contributed by atoms with van der Waals surface area (Å²) in [5.74, 6) is 0.680. The van der Waals surface area contributed by atoms with Crippen LogP contribution in [0.25, 0.3) is 0 Å². The maximum atomic E-state index is 11.7. The summed E-state index contributed by atoms with van der Waals surface area (Å²) in [7, 11) is -1.09. The molecular weight excluding hydrogens is 308 g/mol. The van der Waals surface area contributed by atoms with Crippen molar-refractivity contribution in [2.75, 3.05) is 31.8 Å². The zero-order chi connectivity index (χ0) is 15.6. The zero-order valence-corrected chi connectivity index (χ0v) is 14.2. The van der Waals surface area contributed by atoms with Gasteiger partial charge in [0.25, 0.3) is 0 Å². The highest BCUT2D eigenvalue weighted by molar-refractivity contribution is 7.89. The highest BCUT2D eigenvalue weighted by Crippen LogP contribution is 2.03. The molecule has 0 radical (unpaired) electrons. The van der Waals surface area contributed by atoms with Crippen LogP contribution in [0.2, 0.25) is 0 Å². The number of unbranched alkanes of at least 4 members (excludes halogenated alkanes) is 1. The van der Waals surface area contributed by atoms with E-state index in [2.05, 4.69) is 21.8 Å². The molecule has 0 fully saturated rings. The Kier molecular flexibility index (Phi) is 8.92. The van der Waals surface area contributed by atoms with Gasteiger partial charge in [-0.1, -0.05) is 30.3 Å². The van der Waals surface area contributed by atoms with E-state index in [-0.39, 0.29) is 5.75 Å². The number of sulfonamides is 1. The molecule has 0 unspecified atom stereocenters. The molecule has 1 rings (SSSR count). The van der Waals surface area contributed by atoms with Gasteiger partial charge in [0.15, 0.2) is 0 Å². The Balaban J connectivity index is 2.15. The van der Waals surface area contributed by atoms with Crippen LogP contribution < -0.4 is 4.72 Å². The van der Waals surface area contributed by atoms with E-state index in [1.54, 1.807) is 0 Å². The Morgan fingerprint density at radius 1 is 1.14 bits per heavy atom. The lowest BCUT2D eigenvalue weighted by atomic mass is 10.2. The summed E-state index contributed by atoms with van der Waals surface area (Å²) < 4.78 is 26.0. The molecule has 6 heteroatoms. The van der Waals surface area contributed by atoms with Crippen LogP contribution in [0, 0.1) is 0 Å². The maximum absolute atomic E-state index is 11.7.